The summed E-state index contributed by atoms with van der Waals surface area (Å²) in [6, 6.07) is 7.91. The summed E-state index contributed by atoms with van der Waals surface area (Å²) in [7, 11) is 1.75. The molecule has 6 nitrogen and oxygen atoms in total. The molecule has 4 rings (SSSR count). The fraction of sp³-hybridized carbons (Fsp3) is 0.263. The van der Waals surface area contributed by atoms with Gasteiger partial charge in [0.2, 0.25) is 11.7 Å². The van der Waals surface area contributed by atoms with E-state index in [1.54, 1.807) is 23.0 Å². The minimum absolute atomic E-state index is 0.0181. The Labute approximate surface area is 164 Å². The molecule has 0 amide bonds. The molecule has 0 bridgehead atoms. The molecule has 0 aliphatic heterocycles. The molecule has 0 unspecified atom stereocenters. The van der Waals surface area contributed by atoms with Crippen LogP contribution < -0.4 is 5.56 Å². The standard InChI is InChI=1S/C19H18N4O2S2/c1-10-7-5-6-8-13(10)16-20-14(25-22-16)9-26-19-21-17-15(18(24)23(19)4)11(2)12(3)27-17/h5-8H,9H2,1-4H3. The molecular weight excluding hydrogens is 380 g/mol. The molecule has 0 radical (unpaired) electrons. The number of fused-ring (bicyclic) bond motifs is 1. The van der Waals surface area contributed by atoms with Crippen molar-refractivity contribution in [2.24, 2.45) is 7.05 Å². The van der Waals surface area contributed by atoms with Gasteiger partial charge >= 0.3 is 0 Å². The van der Waals surface area contributed by atoms with Crippen molar-refractivity contribution >= 4 is 33.3 Å². The van der Waals surface area contributed by atoms with Gasteiger partial charge in [0.1, 0.15) is 4.83 Å². The van der Waals surface area contributed by atoms with E-state index < -0.39 is 0 Å². The molecule has 0 saturated heterocycles. The molecule has 27 heavy (non-hydrogen) atoms. The van der Waals surface area contributed by atoms with Crippen molar-refractivity contribution in [3.05, 3.63) is 56.5 Å². The van der Waals surface area contributed by atoms with Crippen LogP contribution in [0.1, 0.15) is 21.9 Å². The minimum Gasteiger partial charge on any atom is -0.338 e. The maximum atomic E-state index is 12.7. The lowest BCUT2D eigenvalue weighted by Crippen LogP contribution is -2.19. The molecule has 138 valence electrons. The maximum Gasteiger partial charge on any atom is 0.262 e. The van der Waals surface area contributed by atoms with Crippen LogP contribution in [-0.4, -0.2) is 19.7 Å². The fourth-order valence-electron chi connectivity index (χ4n) is 2.86. The first-order valence-corrected chi connectivity index (χ1v) is 10.2. The zero-order valence-electron chi connectivity index (χ0n) is 15.4. The highest BCUT2D eigenvalue weighted by Crippen LogP contribution is 2.29. The number of aryl methyl sites for hydroxylation is 3. The van der Waals surface area contributed by atoms with Gasteiger partial charge in [0, 0.05) is 17.5 Å². The van der Waals surface area contributed by atoms with Gasteiger partial charge in [0.05, 0.1) is 11.1 Å². The molecule has 0 aliphatic carbocycles. The van der Waals surface area contributed by atoms with Gasteiger partial charge in [-0.2, -0.15) is 4.98 Å². The summed E-state index contributed by atoms with van der Waals surface area (Å²) in [5.41, 5.74) is 3.04. The van der Waals surface area contributed by atoms with Crippen molar-refractivity contribution < 1.29 is 4.52 Å². The highest BCUT2D eigenvalue weighted by molar-refractivity contribution is 7.98. The molecule has 0 fully saturated rings. The number of benzene rings is 1. The average Bonchev–Trinajstić information content (AvgIpc) is 3.22. The van der Waals surface area contributed by atoms with Crippen LogP contribution in [0, 0.1) is 20.8 Å². The van der Waals surface area contributed by atoms with Gasteiger partial charge in [0.15, 0.2) is 5.16 Å². The Morgan fingerprint density at radius 2 is 1.96 bits per heavy atom. The topological polar surface area (TPSA) is 73.8 Å². The third-order valence-corrected chi connectivity index (χ3v) is 6.66. The summed E-state index contributed by atoms with van der Waals surface area (Å²) >= 11 is 2.97. The van der Waals surface area contributed by atoms with E-state index in [0.29, 0.717) is 28.0 Å². The van der Waals surface area contributed by atoms with Gasteiger partial charge in [0.25, 0.3) is 5.56 Å². The first kappa shape index (κ1) is 17.9. The average molecular weight is 399 g/mol. The summed E-state index contributed by atoms with van der Waals surface area (Å²) in [6.45, 7) is 6.00. The minimum atomic E-state index is -0.0181. The lowest BCUT2D eigenvalue weighted by atomic mass is 10.1. The van der Waals surface area contributed by atoms with Crippen LogP contribution in [0.2, 0.25) is 0 Å². The van der Waals surface area contributed by atoms with E-state index in [-0.39, 0.29) is 5.56 Å². The van der Waals surface area contributed by atoms with Crippen molar-refractivity contribution in [3.63, 3.8) is 0 Å². The van der Waals surface area contributed by atoms with Gasteiger partial charge in [-0.15, -0.1) is 11.3 Å². The van der Waals surface area contributed by atoms with Crippen LogP contribution in [-0.2, 0) is 12.8 Å². The van der Waals surface area contributed by atoms with Crippen molar-refractivity contribution in [1.82, 2.24) is 19.7 Å². The van der Waals surface area contributed by atoms with Gasteiger partial charge in [-0.3, -0.25) is 9.36 Å². The number of thiophene rings is 1. The normalized spacial score (nSPS) is 11.4. The van der Waals surface area contributed by atoms with Gasteiger partial charge in [-0.25, -0.2) is 4.98 Å². The van der Waals surface area contributed by atoms with Crippen LogP contribution in [0.15, 0.2) is 38.7 Å². The number of hydrogen-bond donors (Lipinski definition) is 0. The largest absolute Gasteiger partial charge is 0.338 e. The molecule has 0 N–H and O–H groups in total. The molecule has 0 atom stereocenters. The third-order valence-electron chi connectivity index (χ3n) is 4.55. The lowest BCUT2D eigenvalue weighted by Gasteiger charge is -2.05. The zero-order chi connectivity index (χ0) is 19.1. The fourth-order valence-corrected chi connectivity index (χ4v) is 4.74. The molecular formula is C19H18N4O2S2. The Hall–Kier alpha value is -2.45. The van der Waals surface area contributed by atoms with Crippen LogP contribution in [0.5, 0.6) is 0 Å². The van der Waals surface area contributed by atoms with E-state index in [9.17, 15) is 4.79 Å². The van der Waals surface area contributed by atoms with Crippen LogP contribution in [0.3, 0.4) is 0 Å². The lowest BCUT2D eigenvalue weighted by molar-refractivity contribution is 0.391. The zero-order valence-corrected chi connectivity index (χ0v) is 17.1. The number of rotatable bonds is 4. The van der Waals surface area contributed by atoms with E-state index in [0.717, 1.165) is 26.4 Å². The predicted octanol–water partition coefficient (Wildman–Crippen LogP) is 4.26. The highest BCUT2D eigenvalue weighted by Gasteiger charge is 2.16. The Balaban J connectivity index is 1.60. The third kappa shape index (κ3) is 3.19. The molecule has 1 aromatic carbocycles. The summed E-state index contributed by atoms with van der Waals surface area (Å²) in [6.07, 6.45) is 0. The van der Waals surface area contributed by atoms with E-state index in [4.69, 9.17) is 4.52 Å². The number of hydrogen-bond acceptors (Lipinski definition) is 7. The SMILES string of the molecule is Cc1ccccc1-c1noc(CSc2nc3sc(C)c(C)c3c(=O)n2C)n1. The Morgan fingerprint density at radius 1 is 1.19 bits per heavy atom. The van der Waals surface area contributed by atoms with E-state index in [1.807, 2.05) is 45.0 Å². The van der Waals surface area contributed by atoms with Gasteiger partial charge in [-0.05, 0) is 31.9 Å². The Morgan fingerprint density at radius 3 is 2.74 bits per heavy atom. The van der Waals surface area contributed by atoms with Crippen molar-refractivity contribution in [3.8, 4) is 11.4 Å². The second-order valence-electron chi connectivity index (χ2n) is 6.34. The van der Waals surface area contributed by atoms with Gasteiger partial charge < -0.3 is 4.52 Å². The van der Waals surface area contributed by atoms with E-state index >= 15 is 0 Å². The molecule has 0 aliphatic rings. The van der Waals surface area contributed by atoms with Crippen LogP contribution >= 0.6 is 23.1 Å². The molecule has 8 heteroatoms. The number of thioether (sulfide) groups is 1. The first-order valence-electron chi connectivity index (χ1n) is 8.44. The van der Waals surface area contributed by atoms with Crippen LogP contribution in [0.25, 0.3) is 21.6 Å². The Bertz CT molecular complexity index is 1210. The van der Waals surface area contributed by atoms with Crippen molar-refractivity contribution in [1.29, 1.82) is 0 Å². The molecule has 0 saturated carbocycles. The summed E-state index contributed by atoms with van der Waals surface area (Å²) in [4.78, 5) is 23.7. The van der Waals surface area contributed by atoms with E-state index in [2.05, 4.69) is 15.1 Å². The molecule has 3 aromatic heterocycles. The van der Waals surface area contributed by atoms with Crippen molar-refractivity contribution in [2.45, 2.75) is 31.7 Å². The smallest absolute Gasteiger partial charge is 0.262 e. The summed E-state index contributed by atoms with van der Waals surface area (Å²) in [5, 5.41) is 5.43. The summed E-state index contributed by atoms with van der Waals surface area (Å²) in [5.74, 6) is 1.53. The van der Waals surface area contributed by atoms with Crippen LogP contribution in [0.4, 0.5) is 0 Å². The highest BCUT2D eigenvalue weighted by atomic mass is 32.2. The van der Waals surface area contributed by atoms with E-state index in [1.165, 1.54) is 11.8 Å². The maximum absolute atomic E-state index is 12.7. The second kappa shape index (κ2) is 6.94. The molecule has 3 heterocycles. The number of nitrogens with zero attached hydrogens (tertiary/aromatic N) is 4. The Kier molecular flexibility index (Phi) is 4.61. The first-order chi connectivity index (χ1) is 13.0. The van der Waals surface area contributed by atoms with Crippen molar-refractivity contribution in [2.75, 3.05) is 0 Å². The monoisotopic (exact) mass is 398 g/mol. The number of aromatic nitrogens is 4. The second-order valence-corrected chi connectivity index (χ2v) is 8.48. The van der Waals surface area contributed by atoms with Gasteiger partial charge in [-0.1, -0.05) is 41.2 Å². The molecule has 0 spiro atoms. The summed E-state index contributed by atoms with van der Waals surface area (Å²) < 4.78 is 6.97. The quantitative estimate of drug-likeness (QED) is 0.378. The predicted molar refractivity (Wildman–Crippen MR) is 108 cm³/mol. The molecule has 4 aromatic rings.